The van der Waals surface area contributed by atoms with Crippen LogP contribution in [0.2, 0.25) is 0 Å². The zero-order valence-electron chi connectivity index (χ0n) is 17.6. The highest BCUT2D eigenvalue weighted by Gasteiger charge is 2.32. The Morgan fingerprint density at radius 2 is 2.03 bits per heavy atom. The molecule has 1 aromatic heterocycles. The Morgan fingerprint density at radius 1 is 1.19 bits per heavy atom. The van der Waals surface area contributed by atoms with Crippen LogP contribution < -0.4 is 14.8 Å². The zero-order valence-corrected chi connectivity index (χ0v) is 17.6. The van der Waals surface area contributed by atoms with Crippen LogP contribution in [-0.4, -0.2) is 53.7 Å². The maximum absolute atomic E-state index is 13.1. The number of nitrogens with zero attached hydrogens (tertiary/aromatic N) is 2. The van der Waals surface area contributed by atoms with Crippen LogP contribution in [0.15, 0.2) is 42.2 Å². The van der Waals surface area contributed by atoms with Gasteiger partial charge in [0.2, 0.25) is 5.78 Å². The van der Waals surface area contributed by atoms with Gasteiger partial charge in [-0.15, -0.1) is 0 Å². The number of Topliss-reactive ketones (excluding diaryl/α,β-unsaturated/α-hetero) is 1. The number of carbonyl (C=O) groups excluding carboxylic acids is 1. The number of rotatable bonds is 6. The van der Waals surface area contributed by atoms with E-state index in [9.17, 15) is 4.79 Å². The Hall–Kier alpha value is -3.16. The normalized spacial score (nSPS) is 17.8. The van der Waals surface area contributed by atoms with Crippen molar-refractivity contribution in [3.8, 4) is 11.5 Å². The fourth-order valence-electron chi connectivity index (χ4n) is 4.10. The van der Waals surface area contributed by atoms with Crippen molar-refractivity contribution in [1.82, 2.24) is 20.4 Å². The number of hydrogen-bond acceptors (Lipinski definition) is 6. The highest BCUT2D eigenvalue weighted by molar-refractivity contribution is 6.15. The Morgan fingerprint density at radius 3 is 2.87 bits per heavy atom. The molecule has 0 aliphatic carbocycles. The van der Waals surface area contributed by atoms with Crippen molar-refractivity contribution in [2.24, 2.45) is 0 Å². The molecule has 0 radical (unpaired) electrons. The lowest BCUT2D eigenvalue weighted by molar-refractivity contribution is 0.101. The largest absolute Gasteiger partial charge is 0.493 e. The number of H-pyrrole nitrogens is 1. The van der Waals surface area contributed by atoms with E-state index in [1.807, 2.05) is 36.4 Å². The molecule has 3 aromatic rings. The molecule has 2 N–H and O–H groups in total. The summed E-state index contributed by atoms with van der Waals surface area (Å²) in [5.41, 5.74) is 3.14. The van der Waals surface area contributed by atoms with Crippen molar-refractivity contribution in [1.29, 1.82) is 0 Å². The van der Waals surface area contributed by atoms with E-state index in [0.29, 0.717) is 35.9 Å². The predicted molar refractivity (Wildman–Crippen MR) is 119 cm³/mol. The number of aromatic nitrogens is 2. The quantitative estimate of drug-likeness (QED) is 0.598. The minimum absolute atomic E-state index is 0.120. The number of nitrogens with one attached hydrogen (secondary N) is 2. The molecule has 31 heavy (non-hydrogen) atoms. The van der Waals surface area contributed by atoms with Gasteiger partial charge >= 0.3 is 0 Å². The van der Waals surface area contributed by atoms with Crippen LogP contribution in [0.4, 0.5) is 0 Å². The fraction of sp³-hybridized carbons (Fsp3) is 0.333. The molecule has 2 aliphatic heterocycles. The molecule has 1 fully saturated rings. The summed E-state index contributed by atoms with van der Waals surface area (Å²) in [6, 6.07) is 11.6. The molecule has 7 heteroatoms. The number of carbonyl (C=O) groups is 1. The van der Waals surface area contributed by atoms with E-state index in [1.165, 1.54) is 0 Å². The minimum Gasteiger partial charge on any atom is -0.493 e. The van der Waals surface area contributed by atoms with Gasteiger partial charge in [0.05, 0.1) is 28.9 Å². The lowest BCUT2D eigenvalue weighted by Gasteiger charge is -2.28. The topological polar surface area (TPSA) is 79.5 Å². The molecular weight excluding hydrogens is 392 g/mol. The first-order chi connectivity index (χ1) is 15.2. The van der Waals surface area contributed by atoms with Gasteiger partial charge in [0.1, 0.15) is 11.5 Å². The molecule has 7 nitrogen and oxygen atoms in total. The monoisotopic (exact) mass is 418 g/mol. The number of allylic oxidation sites excluding steroid dienone is 1. The number of para-hydroxylation sites is 1. The third kappa shape index (κ3) is 3.82. The molecule has 0 amide bonds. The van der Waals surface area contributed by atoms with Gasteiger partial charge in [-0.3, -0.25) is 14.8 Å². The van der Waals surface area contributed by atoms with Crippen molar-refractivity contribution >= 4 is 22.8 Å². The van der Waals surface area contributed by atoms with Gasteiger partial charge in [0.15, 0.2) is 5.76 Å². The molecule has 0 unspecified atom stereocenters. The van der Waals surface area contributed by atoms with E-state index in [0.717, 1.165) is 54.8 Å². The number of ether oxygens (including phenoxy) is 2. The number of hydrogen-bond donors (Lipinski definition) is 2. The molecule has 0 bridgehead atoms. The molecule has 1 saturated heterocycles. The standard InChI is InChI=1S/C24H26N4O3/c1-2-13-30-21-8-7-17-23(29)22(14-20-16-5-3-4-6-19(16)26-27-20)31-24(17)18(21)15-28-11-9-25-10-12-28/h3-8,14,25H,2,9-13,15H2,1H3,(H,26,27). The summed E-state index contributed by atoms with van der Waals surface area (Å²) in [7, 11) is 0. The molecule has 0 spiro atoms. The third-order valence-corrected chi connectivity index (χ3v) is 5.72. The lowest BCUT2D eigenvalue weighted by atomic mass is 10.0. The molecule has 2 aromatic carbocycles. The molecule has 0 atom stereocenters. The van der Waals surface area contributed by atoms with E-state index >= 15 is 0 Å². The average Bonchev–Trinajstić information content (AvgIpc) is 3.35. The highest BCUT2D eigenvalue weighted by Crippen LogP contribution is 2.41. The number of benzene rings is 2. The number of piperazine rings is 1. The summed E-state index contributed by atoms with van der Waals surface area (Å²) >= 11 is 0. The Kier molecular flexibility index (Phi) is 5.44. The van der Waals surface area contributed by atoms with Gasteiger partial charge in [-0.05, 0) is 24.6 Å². The first-order valence-electron chi connectivity index (χ1n) is 10.8. The van der Waals surface area contributed by atoms with Crippen molar-refractivity contribution in [3.63, 3.8) is 0 Å². The number of ketones is 1. The van der Waals surface area contributed by atoms with E-state index < -0.39 is 0 Å². The second-order valence-corrected chi connectivity index (χ2v) is 7.89. The van der Waals surface area contributed by atoms with Crippen LogP contribution in [0.1, 0.15) is 35.0 Å². The first-order valence-corrected chi connectivity index (χ1v) is 10.8. The lowest BCUT2D eigenvalue weighted by Crippen LogP contribution is -2.43. The van der Waals surface area contributed by atoms with Crippen LogP contribution >= 0.6 is 0 Å². The van der Waals surface area contributed by atoms with Gasteiger partial charge in [-0.25, -0.2) is 0 Å². The number of aromatic amines is 1. The summed E-state index contributed by atoms with van der Waals surface area (Å²) in [6.45, 7) is 7.21. The Bertz CT molecular complexity index is 1140. The van der Waals surface area contributed by atoms with Crippen molar-refractivity contribution in [3.05, 3.63) is 59.0 Å². The van der Waals surface area contributed by atoms with E-state index in [2.05, 4.69) is 27.3 Å². The van der Waals surface area contributed by atoms with Crippen LogP contribution in [0, 0.1) is 0 Å². The Labute approximate surface area is 181 Å². The predicted octanol–water partition coefficient (Wildman–Crippen LogP) is 3.37. The van der Waals surface area contributed by atoms with Gasteiger partial charge in [-0.1, -0.05) is 25.1 Å². The number of fused-ring (bicyclic) bond motifs is 2. The maximum atomic E-state index is 13.1. The Balaban J connectivity index is 1.51. The van der Waals surface area contributed by atoms with Crippen molar-refractivity contribution in [2.45, 2.75) is 19.9 Å². The van der Waals surface area contributed by atoms with E-state index in [1.54, 1.807) is 6.08 Å². The van der Waals surface area contributed by atoms with Gasteiger partial charge < -0.3 is 14.8 Å². The summed E-state index contributed by atoms with van der Waals surface area (Å²) in [5.74, 6) is 1.58. The minimum atomic E-state index is -0.120. The molecule has 3 heterocycles. The van der Waals surface area contributed by atoms with E-state index in [4.69, 9.17) is 9.47 Å². The average molecular weight is 418 g/mol. The molecule has 5 rings (SSSR count). The SMILES string of the molecule is CCCOc1ccc2c(c1CN1CCNCC1)OC(=Cc1n[nH]c3ccccc13)C2=O. The van der Waals surface area contributed by atoms with Crippen molar-refractivity contribution < 1.29 is 14.3 Å². The third-order valence-electron chi connectivity index (χ3n) is 5.72. The van der Waals surface area contributed by atoms with E-state index in [-0.39, 0.29) is 5.78 Å². The van der Waals surface area contributed by atoms with Crippen LogP contribution in [0.5, 0.6) is 11.5 Å². The molecule has 2 aliphatic rings. The highest BCUT2D eigenvalue weighted by atomic mass is 16.5. The molecular formula is C24H26N4O3. The maximum Gasteiger partial charge on any atom is 0.232 e. The second kappa shape index (κ2) is 8.53. The van der Waals surface area contributed by atoms with Crippen LogP contribution in [-0.2, 0) is 6.54 Å². The second-order valence-electron chi connectivity index (χ2n) is 7.89. The van der Waals surface area contributed by atoms with Gasteiger partial charge in [0.25, 0.3) is 0 Å². The van der Waals surface area contributed by atoms with Gasteiger partial charge in [-0.2, -0.15) is 5.10 Å². The summed E-state index contributed by atoms with van der Waals surface area (Å²) in [6.07, 6.45) is 2.64. The van der Waals surface area contributed by atoms with Crippen molar-refractivity contribution in [2.75, 3.05) is 32.8 Å². The summed E-state index contributed by atoms with van der Waals surface area (Å²) in [4.78, 5) is 15.5. The fourth-order valence-corrected chi connectivity index (χ4v) is 4.10. The van der Waals surface area contributed by atoms with Crippen LogP contribution in [0.3, 0.4) is 0 Å². The zero-order chi connectivity index (χ0) is 21.2. The van der Waals surface area contributed by atoms with Gasteiger partial charge in [0, 0.05) is 44.2 Å². The molecule has 160 valence electrons. The van der Waals surface area contributed by atoms with Crippen LogP contribution in [0.25, 0.3) is 17.0 Å². The first kappa shape index (κ1) is 19.8. The molecule has 0 saturated carbocycles. The summed E-state index contributed by atoms with van der Waals surface area (Å²) < 4.78 is 12.2. The summed E-state index contributed by atoms with van der Waals surface area (Å²) in [5, 5.41) is 11.7. The smallest absolute Gasteiger partial charge is 0.232 e.